The van der Waals surface area contributed by atoms with Crippen LogP contribution < -0.4 is 0 Å². The van der Waals surface area contributed by atoms with Crippen molar-refractivity contribution in [2.24, 2.45) is 56.4 Å². The summed E-state index contributed by atoms with van der Waals surface area (Å²) in [5.41, 5.74) is 0.886. The number of hydrogen-bond acceptors (Lipinski definition) is 4. The van der Waals surface area contributed by atoms with E-state index in [4.69, 9.17) is 0 Å². The number of allylic oxidation sites excluding steroid dienone is 2. The lowest BCUT2D eigenvalue weighted by atomic mass is 9.40. The normalized spacial score (nSPS) is 45.3. The Morgan fingerprint density at radius 3 is 2.44 bits per heavy atom. The lowest BCUT2D eigenvalue weighted by molar-refractivity contribution is -0.136. The Hall–Kier alpha value is -1.16. The first-order chi connectivity index (χ1) is 15.9. The second-order valence-corrected chi connectivity index (χ2v) is 13.9. The quantitative estimate of drug-likeness (QED) is 0.189. The largest absolute Gasteiger partial charge is 0.411 e. The van der Waals surface area contributed by atoms with Crippen LogP contribution in [0.4, 0.5) is 0 Å². The average molecular weight is 472 g/mol. The number of rotatable bonds is 6. The molecule has 0 spiro atoms. The third-order valence-electron chi connectivity index (χ3n) is 11.7. The van der Waals surface area contributed by atoms with Crippen LogP contribution in [0.3, 0.4) is 0 Å². The van der Waals surface area contributed by atoms with Gasteiger partial charge in [0.15, 0.2) is 0 Å². The van der Waals surface area contributed by atoms with Gasteiger partial charge in [0.25, 0.3) is 0 Å². The van der Waals surface area contributed by atoms with Crippen molar-refractivity contribution in [1.29, 1.82) is 0 Å². The summed E-state index contributed by atoms with van der Waals surface area (Å²) in [5, 5.41) is 24.9. The maximum absolute atomic E-state index is 13.2. The van der Waals surface area contributed by atoms with Gasteiger partial charge < -0.3 is 15.1 Å². The third-order valence-corrected chi connectivity index (χ3v) is 11.7. The maximum Gasteiger partial charge on any atom is 0.136 e. The predicted molar refractivity (Wildman–Crippen MR) is 138 cm³/mol. The van der Waals surface area contributed by atoms with E-state index in [1.54, 1.807) is 0 Å². The Labute approximate surface area is 207 Å². The second kappa shape index (κ2) is 8.75. The van der Waals surface area contributed by atoms with E-state index >= 15 is 0 Å². The molecule has 4 heteroatoms. The smallest absolute Gasteiger partial charge is 0.136 e. The SMILES string of the molecule is CC(C)CCC[C@@H](C)[C@H]1C/C(=N\O)[C@@]2(C=O)C3=CC[C@H]4C(C)(C)[C@@H](O)CC[C@]4(C)[C@H]3CC[C@]12C. The molecule has 4 aliphatic carbocycles. The summed E-state index contributed by atoms with van der Waals surface area (Å²) in [5.74, 6) is 2.27. The summed E-state index contributed by atoms with van der Waals surface area (Å²) in [4.78, 5) is 13.2. The lowest BCUT2D eigenvalue weighted by Gasteiger charge is -2.63. The molecule has 0 heterocycles. The summed E-state index contributed by atoms with van der Waals surface area (Å²) in [6.07, 6.45) is 12.4. The van der Waals surface area contributed by atoms with E-state index in [2.05, 4.69) is 59.7 Å². The molecule has 3 fully saturated rings. The van der Waals surface area contributed by atoms with Gasteiger partial charge in [-0.25, -0.2) is 0 Å². The van der Waals surface area contributed by atoms with E-state index < -0.39 is 5.41 Å². The minimum atomic E-state index is -0.782. The van der Waals surface area contributed by atoms with Crippen LogP contribution in [-0.2, 0) is 4.79 Å². The monoisotopic (exact) mass is 471 g/mol. The molecule has 0 aromatic heterocycles. The summed E-state index contributed by atoms with van der Waals surface area (Å²) in [6, 6.07) is 0. The average Bonchev–Trinajstić information content (AvgIpc) is 3.05. The molecule has 4 rings (SSSR count). The molecule has 0 aliphatic heterocycles. The molecule has 8 atom stereocenters. The molecule has 0 bridgehead atoms. The van der Waals surface area contributed by atoms with Crippen LogP contribution in [0.1, 0.15) is 106 Å². The summed E-state index contributed by atoms with van der Waals surface area (Å²) >= 11 is 0. The Kier molecular flexibility index (Phi) is 6.67. The minimum Gasteiger partial charge on any atom is -0.411 e. The number of fused-ring (bicyclic) bond motifs is 5. The minimum absolute atomic E-state index is 0.0612. The summed E-state index contributed by atoms with van der Waals surface area (Å²) in [6.45, 7) is 16.1. The van der Waals surface area contributed by atoms with Crippen molar-refractivity contribution in [3.63, 3.8) is 0 Å². The lowest BCUT2D eigenvalue weighted by Crippen LogP contribution is -2.60. The number of carbonyl (C=O) groups excluding carboxylic acids is 1. The molecule has 0 radical (unpaired) electrons. The Morgan fingerprint density at radius 2 is 1.82 bits per heavy atom. The van der Waals surface area contributed by atoms with E-state index in [-0.39, 0.29) is 22.3 Å². The van der Waals surface area contributed by atoms with Crippen molar-refractivity contribution < 1.29 is 15.1 Å². The molecule has 0 amide bonds. The number of nitrogens with zero attached hydrogens (tertiary/aromatic N) is 1. The fourth-order valence-corrected chi connectivity index (χ4v) is 9.54. The molecule has 2 N–H and O–H groups in total. The highest BCUT2D eigenvalue weighted by molar-refractivity contribution is 6.08. The van der Waals surface area contributed by atoms with Gasteiger partial charge in [-0.3, -0.25) is 0 Å². The van der Waals surface area contributed by atoms with Gasteiger partial charge in [0.1, 0.15) is 6.29 Å². The molecule has 34 heavy (non-hydrogen) atoms. The highest BCUT2D eigenvalue weighted by Crippen LogP contribution is 2.72. The van der Waals surface area contributed by atoms with Crippen molar-refractivity contribution in [2.45, 2.75) is 112 Å². The van der Waals surface area contributed by atoms with Gasteiger partial charge in [0.05, 0.1) is 17.2 Å². The number of carbonyl (C=O) groups is 1. The van der Waals surface area contributed by atoms with Crippen LogP contribution in [0.15, 0.2) is 16.8 Å². The van der Waals surface area contributed by atoms with Gasteiger partial charge in [0, 0.05) is 0 Å². The first kappa shape index (κ1) is 25.9. The first-order valence-electron chi connectivity index (χ1n) is 14.0. The fourth-order valence-electron chi connectivity index (χ4n) is 9.54. The van der Waals surface area contributed by atoms with Crippen LogP contribution in [0.25, 0.3) is 0 Å². The molecule has 4 nitrogen and oxygen atoms in total. The van der Waals surface area contributed by atoms with E-state index in [0.717, 1.165) is 38.5 Å². The van der Waals surface area contributed by atoms with Crippen LogP contribution in [0.2, 0.25) is 0 Å². The van der Waals surface area contributed by atoms with Crippen molar-refractivity contribution in [3.05, 3.63) is 11.6 Å². The van der Waals surface area contributed by atoms with Crippen molar-refractivity contribution in [2.75, 3.05) is 0 Å². The molecular weight excluding hydrogens is 422 g/mol. The molecular formula is C30H49NO3. The van der Waals surface area contributed by atoms with Crippen LogP contribution in [0.5, 0.6) is 0 Å². The third kappa shape index (κ3) is 3.40. The zero-order chi connectivity index (χ0) is 25.1. The highest BCUT2D eigenvalue weighted by atomic mass is 16.4. The highest BCUT2D eigenvalue weighted by Gasteiger charge is 2.69. The van der Waals surface area contributed by atoms with Gasteiger partial charge in [0.2, 0.25) is 0 Å². The molecule has 0 aromatic carbocycles. The van der Waals surface area contributed by atoms with Crippen molar-refractivity contribution in [1.82, 2.24) is 0 Å². The zero-order valence-electron chi connectivity index (χ0n) is 22.7. The number of aliphatic hydroxyl groups excluding tert-OH is 1. The van der Waals surface area contributed by atoms with Crippen LogP contribution >= 0.6 is 0 Å². The Balaban J connectivity index is 1.74. The van der Waals surface area contributed by atoms with E-state index in [1.807, 2.05) is 0 Å². The molecule has 3 saturated carbocycles. The maximum atomic E-state index is 13.2. The van der Waals surface area contributed by atoms with Crippen molar-refractivity contribution >= 4 is 12.0 Å². The van der Waals surface area contributed by atoms with Gasteiger partial charge >= 0.3 is 0 Å². The number of aliphatic hydroxyl groups is 1. The van der Waals surface area contributed by atoms with E-state index in [0.29, 0.717) is 35.3 Å². The van der Waals surface area contributed by atoms with Gasteiger partial charge in [-0.1, -0.05) is 84.5 Å². The standard InChI is InChI=1S/C30H49NO3/c1-19(2)9-8-10-20(3)23-17-25(31-34)30(18-32)22-11-12-24-27(4,5)26(33)14-15-28(24,6)21(22)13-16-29(23,30)7/h11,18-21,23-24,26,33-34H,8-10,12-17H2,1-7H3/b31-25+/t20-,21+,23-,24+,26+,28-,29-,30-/m1/s1. The van der Waals surface area contributed by atoms with Crippen LogP contribution in [0, 0.1) is 51.2 Å². The molecule has 0 saturated heterocycles. The number of hydrogen-bond donors (Lipinski definition) is 2. The topological polar surface area (TPSA) is 69.9 Å². The Morgan fingerprint density at radius 1 is 1.12 bits per heavy atom. The van der Waals surface area contributed by atoms with E-state index in [1.165, 1.54) is 31.1 Å². The molecule has 0 aromatic rings. The fraction of sp³-hybridized carbons (Fsp3) is 0.867. The zero-order valence-corrected chi connectivity index (χ0v) is 22.7. The number of oxime groups is 1. The van der Waals surface area contributed by atoms with Crippen molar-refractivity contribution in [3.8, 4) is 0 Å². The van der Waals surface area contributed by atoms with Gasteiger partial charge in [-0.05, 0) is 84.4 Å². The first-order valence-corrected chi connectivity index (χ1v) is 14.0. The Bertz CT molecular complexity index is 859. The van der Waals surface area contributed by atoms with Crippen LogP contribution in [-0.4, -0.2) is 28.4 Å². The van der Waals surface area contributed by atoms with E-state index in [9.17, 15) is 15.1 Å². The van der Waals surface area contributed by atoms with Gasteiger partial charge in [-0.2, -0.15) is 0 Å². The van der Waals surface area contributed by atoms with Gasteiger partial charge in [-0.15, -0.1) is 0 Å². The number of aldehydes is 1. The molecule has 4 aliphatic rings. The predicted octanol–water partition coefficient (Wildman–Crippen LogP) is 7.03. The molecule has 0 unspecified atom stereocenters. The second-order valence-electron chi connectivity index (χ2n) is 13.9. The summed E-state index contributed by atoms with van der Waals surface area (Å²) in [7, 11) is 0. The summed E-state index contributed by atoms with van der Waals surface area (Å²) < 4.78 is 0. The molecule has 192 valence electrons.